The predicted molar refractivity (Wildman–Crippen MR) is 71.7 cm³/mol. The number of halogens is 1. The monoisotopic (exact) mass is 368 g/mol. The van der Waals surface area contributed by atoms with Gasteiger partial charge < -0.3 is 0 Å². The second-order valence-corrected chi connectivity index (χ2v) is 23.7. The van der Waals surface area contributed by atoms with Crippen molar-refractivity contribution in [3.05, 3.63) is 29.3 Å². The standard InChI is InChI=1S/C8H8ClO2S.3CH3.Sn/c1-2-12(10,11)8-5-3-7(9)4-6-8;;;;/h3-6H,1-2H2;3*1H3;. The zero-order chi connectivity index (χ0) is 12.4. The molecule has 0 aromatic heterocycles. The van der Waals surface area contributed by atoms with E-state index in [0.29, 0.717) is 9.92 Å². The number of rotatable bonds is 4. The van der Waals surface area contributed by atoms with E-state index >= 15 is 0 Å². The van der Waals surface area contributed by atoms with Crippen LogP contribution in [0.4, 0.5) is 0 Å². The van der Waals surface area contributed by atoms with Crippen molar-refractivity contribution in [1.29, 1.82) is 0 Å². The van der Waals surface area contributed by atoms with Gasteiger partial charge in [0, 0.05) is 0 Å². The van der Waals surface area contributed by atoms with E-state index in [0.717, 1.165) is 4.44 Å². The molecule has 0 heterocycles. The third-order valence-electron chi connectivity index (χ3n) is 2.29. The molecule has 0 saturated carbocycles. The molecule has 1 rings (SSSR count). The van der Waals surface area contributed by atoms with Crippen molar-refractivity contribution in [2.45, 2.75) is 24.2 Å². The van der Waals surface area contributed by atoms with Gasteiger partial charge in [-0.05, 0) is 0 Å². The van der Waals surface area contributed by atoms with Crippen LogP contribution in [0.2, 0.25) is 24.3 Å². The van der Waals surface area contributed by atoms with E-state index in [1.165, 1.54) is 0 Å². The van der Waals surface area contributed by atoms with Gasteiger partial charge in [0.05, 0.1) is 0 Å². The van der Waals surface area contributed by atoms with E-state index < -0.39 is 28.2 Å². The number of sulfone groups is 1. The molecule has 1 aromatic rings. The molecule has 0 bridgehead atoms. The summed E-state index contributed by atoms with van der Waals surface area (Å²) in [5, 5.41) is 0.564. The molecule has 0 spiro atoms. The van der Waals surface area contributed by atoms with Crippen LogP contribution in [0.25, 0.3) is 0 Å². The van der Waals surface area contributed by atoms with Gasteiger partial charge in [0.2, 0.25) is 0 Å². The maximum absolute atomic E-state index is 12.0. The summed E-state index contributed by atoms with van der Waals surface area (Å²) in [6, 6.07) is 6.40. The third-order valence-corrected chi connectivity index (χ3v) is 10.3. The predicted octanol–water partition coefficient (Wildman–Crippen LogP) is 3.45. The fourth-order valence-corrected chi connectivity index (χ4v) is 10.5. The Kier molecular flexibility index (Phi) is 4.72. The molecule has 16 heavy (non-hydrogen) atoms. The first-order valence-corrected chi connectivity index (χ1v) is 17.8. The summed E-state index contributed by atoms with van der Waals surface area (Å²) in [4.78, 5) is 7.11. The molecule has 0 radical (unpaired) electrons. The Morgan fingerprint density at radius 3 is 2.06 bits per heavy atom. The molecule has 0 fully saturated rings. The minimum absolute atomic E-state index is 0.272. The number of hydrogen-bond donors (Lipinski definition) is 0. The topological polar surface area (TPSA) is 34.1 Å². The van der Waals surface area contributed by atoms with Gasteiger partial charge in [-0.1, -0.05) is 0 Å². The zero-order valence-electron chi connectivity index (χ0n) is 9.83. The molecule has 0 aliphatic heterocycles. The van der Waals surface area contributed by atoms with Crippen molar-refractivity contribution in [2.24, 2.45) is 0 Å². The Labute approximate surface area is 107 Å². The van der Waals surface area contributed by atoms with Crippen molar-refractivity contribution in [1.82, 2.24) is 0 Å². The molecule has 1 aromatic carbocycles. The van der Waals surface area contributed by atoms with E-state index in [1.54, 1.807) is 24.3 Å². The Bertz CT molecular complexity index is 446. The van der Waals surface area contributed by atoms with E-state index in [-0.39, 0.29) is 5.75 Å². The molecule has 2 nitrogen and oxygen atoms in total. The van der Waals surface area contributed by atoms with Crippen LogP contribution in [0.5, 0.6) is 0 Å². The first kappa shape index (κ1) is 14.3. The second-order valence-electron chi connectivity index (χ2n) is 5.08. The first-order valence-electron chi connectivity index (χ1n) is 5.19. The summed E-state index contributed by atoms with van der Waals surface area (Å²) < 4.78 is 24.8. The quantitative estimate of drug-likeness (QED) is 0.764. The van der Waals surface area contributed by atoms with Gasteiger partial charge in [-0.15, -0.1) is 0 Å². The summed E-state index contributed by atoms with van der Waals surface area (Å²) in [6.45, 7) is 0. The van der Waals surface area contributed by atoms with Crippen LogP contribution >= 0.6 is 11.6 Å². The van der Waals surface area contributed by atoms with Gasteiger partial charge in [0.1, 0.15) is 0 Å². The zero-order valence-corrected chi connectivity index (χ0v) is 14.3. The molecule has 5 heteroatoms. The van der Waals surface area contributed by atoms with E-state index in [4.69, 9.17) is 11.6 Å². The number of benzene rings is 1. The van der Waals surface area contributed by atoms with E-state index in [1.807, 2.05) is 0 Å². The molecule has 0 saturated heterocycles. The molecule has 90 valence electrons. The van der Waals surface area contributed by atoms with Crippen molar-refractivity contribution in [3.8, 4) is 0 Å². The van der Waals surface area contributed by atoms with Crippen LogP contribution < -0.4 is 0 Å². The van der Waals surface area contributed by atoms with Crippen molar-refractivity contribution >= 4 is 39.8 Å². The first-order chi connectivity index (χ1) is 7.21. The fourth-order valence-electron chi connectivity index (χ4n) is 1.20. The Hall–Kier alpha value is 0.259. The Balaban J connectivity index is 2.83. The van der Waals surface area contributed by atoms with E-state index in [2.05, 4.69) is 14.8 Å². The van der Waals surface area contributed by atoms with Gasteiger partial charge in [-0.25, -0.2) is 0 Å². The van der Waals surface area contributed by atoms with Gasteiger partial charge >= 0.3 is 107 Å². The maximum atomic E-state index is 12.0. The van der Waals surface area contributed by atoms with Gasteiger partial charge in [-0.2, -0.15) is 0 Å². The van der Waals surface area contributed by atoms with Crippen molar-refractivity contribution in [2.75, 3.05) is 5.75 Å². The van der Waals surface area contributed by atoms with Crippen molar-refractivity contribution < 1.29 is 8.42 Å². The molecule has 0 atom stereocenters. The Morgan fingerprint density at radius 1 is 1.12 bits per heavy atom. The van der Waals surface area contributed by atoms with Gasteiger partial charge in [-0.3, -0.25) is 0 Å². The fraction of sp³-hybridized carbons (Fsp3) is 0.455. The third kappa shape index (κ3) is 4.63. The average Bonchev–Trinajstić information content (AvgIpc) is 2.15. The summed E-state index contributed by atoms with van der Waals surface area (Å²) in [5.74, 6) is 0.272. The van der Waals surface area contributed by atoms with Gasteiger partial charge in [0.25, 0.3) is 0 Å². The summed E-state index contributed by atoms with van der Waals surface area (Å²) in [5.41, 5.74) is 0. The SMILES string of the molecule is [CH3][Sn]([CH3])([CH3])[CH2]CS(=O)(=O)c1ccc(Cl)cc1. The Morgan fingerprint density at radius 2 is 1.62 bits per heavy atom. The van der Waals surface area contributed by atoms with E-state index in [9.17, 15) is 8.42 Å². The van der Waals surface area contributed by atoms with Crippen LogP contribution in [0.1, 0.15) is 0 Å². The van der Waals surface area contributed by atoms with Crippen LogP contribution in [0, 0.1) is 0 Å². The molecular weight excluding hydrogens is 350 g/mol. The molecule has 0 unspecified atom stereocenters. The number of hydrogen-bond acceptors (Lipinski definition) is 2. The van der Waals surface area contributed by atoms with Crippen LogP contribution in [0.15, 0.2) is 29.2 Å². The van der Waals surface area contributed by atoms with Gasteiger partial charge in [0.15, 0.2) is 0 Å². The summed E-state index contributed by atoms with van der Waals surface area (Å²) in [7, 11) is -3.12. The minimum atomic E-state index is -3.12. The second kappa shape index (κ2) is 5.27. The molecule has 0 aliphatic rings. The molecule has 0 aliphatic carbocycles. The molecular formula is C11H17ClO2SSn. The van der Waals surface area contributed by atoms with Crippen LogP contribution in [0.3, 0.4) is 0 Å². The van der Waals surface area contributed by atoms with Crippen LogP contribution in [-0.4, -0.2) is 32.5 Å². The molecule has 0 amide bonds. The normalized spacial score (nSPS) is 12.8. The summed E-state index contributed by atoms with van der Waals surface area (Å²) in [6.07, 6.45) is 0. The van der Waals surface area contributed by atoms with Crippen molar-refractivity contribution in [3.63, 3.8) is 0 Å². The summed E-state index contributed by atoms with van der Waals surface area (Å²) >= 11 is 3.72. The molecule has 0 N–H and O–H groups in total. The average molecular weight is 367 g/mol. The van der Waals surface area contributed by atoms with Crippen LogP contribution in [-0.2, 0) is 9.84 Å².